The number of rotatable bonds is 2. The van der Waals surface area contributed by atoms with E-state index in [0.717, 1.165) is 5.92 Å². The van der Waals surface area contributed by atoms with Gasteiger partial charge in [-0.2, -0.15) is 0 Å². The third-order valence-corrected chi connectivity index (χ3v) is 3.13. The van der Waals surface area contributed by atoms with Crippen LogP contribution in [0.5, 0.6) is 0 Å². The quantitative estimate of drug-likeness (QED) is 0.597. The van der Waals surface area contributed by atoms with Crippen LogP contribution in [0.1, 0.15) is 46.0 Å². The molecular weight excluding hydrogens is 136 g/mol. The van der Waals surface area contributed by atoms with Crippen molar-refractivity contribution in [2.75, 3.05) is 0 Å². The number of hydrogen-bond donors (Lipinski definition) is 0. The van der Waals surface area contributed by atoms with E-state index in [-0.39, 0.29) is 6.10 Å². The molecular formula is C10H19O-. The Morgan fingerprint density at radius 2 is 1.64 bits per heavy atom. The van der Waals surface area contributed by atoms with Gasteiger partial charge in [0.25, 0.3) is 0 Å². The Bertz CT molecular complexity index is 103. The van der Waals surface area contributed by atoms with Crippen LogP contribution in [0.3, 0.4) is 0 Å². The fraction of sp³-hybridized carbons (Fsp3) is 1.00. The highest BCUT2D eigenvalue weighted by atomic mass is 16.3. The van der Waals surface area contributed by atoms with Crippen molar-refractivity contribution < 1.29 is 5.11 Å². The summed E-state index contributed by atoms with van der Waals surface area (Å²) in [4.78, 5) is 0. The van der Waals surface area contributed by atoms with Gasteiger partial charge >= 0.3 is 0 Å². The smallest absolute Gasteiger partial charge is 0.0399 e. The number of hydrogen-bond acceptors (Lipinski definition) is 1. The fourth-order valence-electron chi connectivity index (χ4n) is 2.04. The van der Waals surface area contributed by atoms with Crippen molar-refractivity contribution in [3.8, 4) is 0 Å². The maximum Gasteiger partial charge on any atom is -0.0399 e. The third kappa shape index (κ3) is 2.48. The van der Waals surface area contributed by atoms with E-state index in [9.17, 15) is 5.11 Å². The third-order valence-electron chi connectivity index (χ3n) is 3.13. The average molecular weight is 155 g/mol. The molecule has 0 heterocycles. The molecule has 0 aromatic rings. The van der Waals surface area contributed by atoms with E-state index >= 15 is 0 Å². The van der Waals surface area contributed by atoms with Crippen LogP contribution >= 0.6 is 0 Å². The molecule has 1 heteroatoms. The van der Waals surface area contributed by atoms with Crippen molar-refractivity contribution in [2.24, 2.45) is 11.8 Å². The Hall–Kier alpha value is -0.0400. The molecule has 0 saturated heterocycles. The summed E-state index contributed by atoms with van der Waals surface area (Å²) in [5.41, 5.74) is 0. The molecule has 11 heavy (non-hydrogen) atoms. The Morgan fingerprint density at radius 1 is 1.09 bits per heavy atom. The van der Waals surface area contributed by atoms with E-state index in [1.807, 2.05) is 0 Å². The van der Waals surface area contributed by atoms with Gasteiger partial charge in [0.05, 0.1) is 0 Å². The molecule has 1 saturated carbocycles. The zero-order valence-corrected chi connectivity index (χ0v) is 7.68. The van der Waals surface area contributed by atoms with Gasteiger partial charge in [-0.05, 0) is 5.92 Å². The lowest BCUT2D eigenvalue weighted by atomic mass is 9.79. The van der Waals surface area contributed by atoms with Gasteiger partial charge in [-0.3, -0.25) is 0 Å². The van der Waals surface area contributed by atoms with E-state index in [0.29, 0.717) is 5.92 Å². The Morgan fingerprint density at radius 3 is 2.09 bits per heavy atom. The predicted molar refractivity (Wildman–Crippen MR) is 45.2 cm³/mol. The molecule has 1 fully saturated rings. The van der Waals surface area contributed by atoms with Gasteiger partial charge in [0, 0.05) is 0 Å². The highest BCUT2D eigenvalue weighted by Gasteiger charge is 2.19. The summed E-state index contributed by atoms with van der Waals surface area (Å²) in [5.74, 6) is 1.13. The molecule has 1 nitrogen and oxygen atoms in total. The molecule has 0 bridgehead atoms. The summed E-state index contributed by atoms with van der Waals surface area (Å²) in [5, 5.41) is 11.1. The second-order valence-corrected chi connectivity index (χ2v) is 3.96. The molecule has 1 aliphatic carbocycles. The zero-order chi connectivity index (χ0) is 8.27. The van der Waals surface area contributed by atoms with Gasteiger partial charge in [-0.15, -0.1) is 6.10 Å². The average Bonchev–Trinajstić information content (AvgIpc) is 2.05. The molecule has 1 rings (SSSR count). The van der Waals surface area contributed by atoms with Crippen molar-refractivity contribution in [2.45, 2.75) is 52.1 Å². The predicted octanol–water partition coefficient (Wildman–Crippen LogP) is 1.95. The summed E-state index contributed by atoms with van der Waals surface area (Å²) in [6.45, 7) is 3.92. The normalized spacial score (nSPS) is 26.5. The largest absolute Gasteiger partial charge is 0.852 e. The summed E-state index contributed by atoms with van der Waals surface area (Å²) < 4.78 is 0. The van der Waals surface area contributed by atoms with Crippen molar-refractivity contribution in [3.63, 3.8) is 0 Å². The maximum atomic E-state index is 11.1. The van der Waals surface area contributed by atoms with Crippen LogP contribution in [0, 0.1) is 11.8 Å². The van der Waals surface area contributed by atoms with Gasteiger partial charge in [-0.25, -0.2) is 0 Å². The summed E-state index contributed by atoms with van der Waals surface area (Å²) >= 11 is 0. The second kappa shape index (κ2) is 4.10. The second-order valence-electron chi connectivity index (χ2n) is 3.96. The highest BCUT2D eigenvalue weighted by molar-refractivity contribution is 4.73. The van der Waals surface area contributed by atoms with Gasteiger partial charge < -0.3 is 5.11 Å². The minimum atomic E-state index is -0.363. The zero-order valence-electron chi connectivity index (χ0n) is 7.68. The molecule has 1 aliphatic rings. The summed E-state index contributed by atoms with van der Waals surface area (Å²) in [7, 11) is 0. The highest BCUT2D eigenvalue weighted by Crippen LogP contribution is 2.30. The minimum absolute atomic E-state index is 0.363. The lowest BCUT2D eigenvalue weighted by Crippen LogP contribution is -2.34. The lowest BCUT2D eigenvalue weighted by molar-refractivity contribution is -0.429. The van der Waals surface area contributed by atoms with Crippen LogP contribution in [0.25, 0.3) is 0 Å². The topological polar surface area (TPSA) is 23.1 Å². The van der Waals surface area contributed by atoms with E-state index in [4.69, 9.17) is 0 Å². The fourth-order valence-corrected chi connectivity index (χ4v) is 2.04. The maximum absolute atomic E-state index is 11.1. The summed E-state index contributed by atoms with van der Waals surface area (Å²) in [6.07, 6.45) is 6.32. The van der Waals surface area contributed by atoms with E-state index in [1.165, 1.54) is 32.1 Å². The Kier molecular flexibility index (Phi) is 3.38. The van der Waals surface area contributed by atoms with Crippen LogP contribution in [-0.2, 0) is 0 Å². The molecule has 66 valence electrons. The standard InChI is InChI=1S/C10H19O/c1-8(9(2)11)10-6-4-3-5-7-10/h8-10H,3-7H2,1-2H3/q-1. The van der Waals surface area contributed by atoms with Crippen molar-refractivity contribution in [3.05, 3.63) is 0 Å². The Balaban J connectivity index is 2.32. The van der Waals surface area contributed by atoms with Crippen molar-refractivity contribution in [1.82, 2.24) is 0 Å². The molecule has 0 amide bonds. The first-order valence-electron chi connectivity index (χ1n) is 4.87. The van der Waals surface area contributed by atoms with Crippen molar-refractivity contribution in [1.29, 1.82) is 0 Å². The van der Waals surface area contributed by atoms with Gasteiger partial charge in [0.15, 0.2) is 0 Å². The van der Waals surface area contributed by atoms with E-state index in [2.05, 4.69) is 6.92 Å². The van der Waals surface area contributed by atoms with Crippen LogP contribution < -0.4 is 5.11 Å². The van der Waals surface area contributed by atoms with E-state index < -0.39 is 0 Å². The SMILES string of the molecule is CC([O-])C(C)C1CCCCC1. The molecule has 0 N–H and O–H groups in total. The molecule has 0 radical (unpaired) electrons. The summed E-state index contributed by atoms with van der Waals surface area (Å²) in [6, 6.07) is 0. The van der Waals surface area contributed by atoms with E-state index in [1.54, 1.807) is 6.92 Å². The molecule has 0 aliphatic heterocycles. The molecule has 2 atom stereocenters. The van der Waals surface area contributed by atoms with Crippen LogP contribution in [0.2, 0.25) is 0 Å². The molecule has 0 aromatic carbocycles. The van der Waals surface area contributed by atoms with Gasteiger partial charge in [0.1, 0.15) is 0 Å². The van der Waals surface area contributed by atoms with Crippen LogP contribution in [0.15, 0.2) is 0 Å². The molecule has 0 aromatic heterocycles. The lowest BCUT2D eigenvalue weighted by Gasteiger charge is -2.34. The first kappa shape index (κ1) is 9.05. The molecule has 2 unspecified atom stereocenters. The first-order valence-corrected chi connectivity index (χ1v) is 4.87. The van der Waals surface area contributed by atoms with Gasteiger partial charge in [0.2, 0.25) is 0 Å². The van der Waals surface area contributed by atoms with Gasteiger partial charge in [-0.1, -0.05) is 51.9 Å². The first-order chi connectivity index (χ1) is 5.22. The van der Waals surface area contributed by atoms with Crippen molar-refractivity contribution >= 4 is 0 Å². The van der Waals surface area contributed by atoms with Crippen LogP contribution in [0.4, 0.5) is 0 Å². The molecule has 0 spiro atoms. The van der Waals surface area contributed by atoms with Crippen LogP contribution in [-0.4, -0.2) is 6.10 Å². The Labute approximate surface area is 69.8 Å². The monoisotopic (exact) mass is 155 g/mol. The minimum Gasteiger partial charge on any atom is -0.852 e.